The summed E-state index contributed by atoms with van der Waals surface area (Å²) in [6.45, 7) is 12.4. The van der Waals surface area contributed by atoms with Crippen molar-refractivity contribution in [3.05, 3.63) is 0 Å². The lowest BCUT2D eigenvalue weighted by Gasteiger charge is -2.44. The standard InChI is InChI=1S/C15H28N2/c1-5-8-11-14(16-7-3)15(4,6-2)17-12-9-10-13-17/h14,16H,6-7,9-13H2,1-4H3. The van der Waals surface area contributed by atoms with Crippen LogP contribution in [0.1, 0.15) is 53.4 Å². The van der Waals surface area contributed by atoms with Crippen molar-refractivity contribution in [2.75, 3.05) is 19.6 Å². The Kier molecular flexibility index (Phi) is 6.02. The van der Waals surface area contributed by atoms with E-state index >= 15 is 0 Å². The Balaban J connectivity index is 2.78. The van der Waals surface area contributed by atoms with Gasteiger partial charge in [-0.1, -0.05) is 13.8 Å². The van der Waals surface area contributed by atoms with Crippen molar-refractivity contribution in [2.24, 2.45) is 0 Å². The molecule has 0 aromatic heterocycles. The molecule has 2 heteroatoms. The van der Waals surface area contributed by atoms with Crippen LogP contribution in [0.4, 0.5) is 0 Å². The highest BCUT2D eigenvalue weighted by molar-refractivity contribution is 5.06. The first kappa shape index (κ1) is 14.5. The molecule has 1 heterocycles. The molecule has 1 rings (SSSR count). The van der Waals surface area contributed by atoms with Gasteiger partial charge < -0.3 is 5.32 Å². The zero-order valence-corrected chi connectivity index (χ0v) is 12.0. The van der Waals surface area contributed by atoms with Crippen molar-refractivity contribution >= 4 is 0 Å². The van der Waals surface area contributed by atoms with Gasteiger partial charge in [-0.3, -0.25) is 4.90 Å². The lowest BCUT2D eigenvalue weighted by atomic mass is 9.85. The molecule has 0 aromatic rings. The molecule has 98 valence electrons. The first-order valence-electron chi connectivity index (χ1n) is 7.07. The van der Waals surface area contributed by atoms with Gasteiger partial charge in [0.2, 0.25) is 0 Å². The van der Waals surface area contributed by atoms with Gasteiger partial charge in [-0.15, -0.1) is 11.8 Å². The summed E-state index contributed by atoms with van der Waals surface area (Å²) in [5.41, 5.74) is 0.260. The van der Waals surface area contributed by atoms with Crippen molar-refractivity contribution in [2.45, 2.75) is 65.0 Å². The van der Waals surface area contributed by atoms with Gasteiger partial charge in [0, 0.05) is 18.0 Å². The molecule has 1 saturated heterocycles. The van der Waals surface area contributed by atoms with Crippen LogP contribution in [0.3, 0.4) is 0 Å². The summed E-state index contributed by atoms with van der Waals surface area (Å²) < 4.78 is 0. The summed E-state index contributed by atoms with van der Waals surface area (Å²) in [5, 5.41) is 3.64. The fourth-order valence-electron chi connectivity index (χ4n) is 2.88. The van der Waals surface area contributed by atoms with E-state index in [9.17, 15) is 0 Å². The molecule has 0 spiro atoms. The third kappa shape index (κ3) is 3.47. The van der Waals surface area contributed by atoms with Gasteiger partial charge in [0.1, 0.15) is 0 Å². The Morgan fingerprint density at radius 3 is 2.41 bits per heavy atom. The highest BCUT2D eigenvalue weighted by atomic mass is 15.2. The van der Waals surface area contributed by atoms with E-state index in [1.165, 1.54) is 32.4 Å². The fourth-order valence-corrected chi connectivity index (χ4v) is 2.88. The van der Waals surface area contributed by atoms with Crippen LogP contribution in [-0.4, -0.2) is 36.1 Å². The second-order valence-corrected chi connectivity index (χ2v) is 5.15. The molecule has 1 aliphatic heterocycles. The minimum Gasteiger partial charge on any atom is -0.312 e. The molecule has 0 saturated carbocycles. The topological polar surface area (TPSA) is 15.3 Å². The predicted octanol–water partition coefficient (Wildman–Crippen LogP) is 2.64. The molecule has 1 aliphatic rings. The quantitative estimate of drug-likeness (QED) is 0.713. The monoisotopic (exact) mass is 236 g/mol. The van der Waals surface area contributed by atoms with Gasteiger partial charge in [0.15, 0.2) is 0 Å². The van der Waals surface area contributed by atoms with Crippen LogP contribution in [0, 0.1) is 11.8 Å². The van der Waals surface area contributed by atoms with Crippen molar-refractivity contribution in [1.29, 1.82) is 0 Å². The van der Waals surface area contributed by atoms with Crippen LogP contribution in [0.15, 0.2) is 0 Å². The van der Waals surface area contributed by atoms with Crippen molar-refractivity contribution in [3.8, 4) is 11.8 Å². The van der Waals surface area contributed by atoms with E-state index in [4.69, 9.17) is 0 Å². The molecule has 0 amide bonds. The van der Waals surface area contributed by atoms with E-state index in [0.717, 1.165) is 13.0 Å². The maximum atomic E-state index is 3.64. The van der Waals surface area contributed by atoms with E-state index in [0.29, 0.717) is 6.04 Å². The van der Waals surface area contributed by atoms with Gasteiger partial charge in [0.25, 0.3) is 0 Å². The minimum atomic E-state index is 0.260. The number of rotatable bonds is 6. The summed E-state index contributed by atoms with van der Waals surface area (Å²) in [6.07, 6.45) is 4.86. The van der Waals surface area contributed by atoms with E-state index in [2.05, 4.69) is 42.8 Å². The molecule has 0 aromatic carbocycles. The third-order valence-corrected chi connectivity index (χ3v) is 4.23. The summed E-state index contributed by atoms with van der Waals surface area (Å²) in [5.74, 6) is 6.29. The number of likely N-dealkylation sites (N-methyl/N-ethyl adjacent to an activating group) is 1. The summed E-state index contributed by atoms with van der Waals surface area (Å²) in [4.78, 5) is 2.66. The maximum Gasteiger partial charge on any atom is 0.0359 e. The second kappa shape index (κ2) is 7.03. The Bertz CT molecular complexity index is 270. The average molecular weight is 236 g/mol. The summed E-state index contributed by atoms with van der Waals surface area (Å²) in [7, 11) is 0. The Morgan fingerprint density at radius 2 is 1.94 bits per heavy atom. The Hall–Kier alpha value is -0.520. The fraction of sp³-hybridized carbons (Fsp3) is 0.867. The number of nitrogens with zero attached hydrogens (tertiary/aromatic N) is 1. The molecule has 1 N–H and O–H groups in total. The summed E-state index contributed by atoms with van der Waals surface area (Å²) in [6, 6.07) is 0.489. The summed E-state index contributed by atoms with van der Waals surface area (Å²) >= 11 is 0. The minimum absolute atomic E-state index is 0.260. The third-order valence-electron chi connectivity index (χ3n) is 4.23. The van der Waals surface area contributed by atoms with Gasteiger partial charge >= 0.3 is 0 Å². The predicted molar refractivity (Wildman–Crippen MR) is 75.0 cm³/mol. The van der Waals surface area contributed by atoms with Crippen molar-refractivity contribution < 1.29 is 0 Å². The van der Waals surface area contributed by atoms with Crippen LogP contribution in [0.25, 0.3) is 0 Å². The zero-order valence-electron chi connectivity index (χ0n) is 12.0. The number of nitrogens with one attached hydrogen (secondary N) is 1. The van der Waals surface area contributed by atoms with Crippen molar-refractivity contribution in [1.82, 2.24) is 10.2 Å². The molecular formula is C15H28N2. The van der Waals surface area contributed by atoms with E-state index in [-0.39, 0.29) is 5.54 Å². The van der Waals surface area contributed by atoms with E-state index < -0.39 is 0 Å². The lowest BCUT2D eigenvalue weighted by Crippen LogP contribution is -2.58. The number of likely N-dealkylation sites (tertiary alicyclic amines) is 1. The smallest absolute Gasteiger partial charge is 0.0359 e. The second-order valence-electron chi connectivity index (χ2n) is 5.15. The van der Waals surface area contributed by atoms with Crippen LogP contribution < -0.4 is 5.32 Å². The molecule has 2 nitrogen and oxygen atoms in total. The molecule has 0 aliphatic carbocycles. The van der Waals surface area contributed by atoms with Crippen LogP contribution in [-0.2, 0) is 0 Å². The first-order chi connectivity index (χ1) is 8.19. The highest BCUT2D eigenvalue weighted by Crippen LogP contribution is 2.29. The van der Waals surface area contributed by atoms with Gasteiger partial charge in [0.05, 0.1) is 0 Å². The molecule has 17 heavy (non-hydrogen) atoms. The Morgan fingerprint density at radius 1 is 1.29 bits per heavy atom. The van der Waals surface area contributed by atoms with E-state index in [1.54, 1.807) is 0 Å². The molecule has 2 atom stereocenters. The van der Waals surface area contributed by atoms with Gasteiger partial charge in [-0.2, -0.15) is 0 Å². The normalized spacial score (nSPS) is 21.6. The lowest BCUT2D eigenvalue weighted by molar-refractivity contribution is 0.0866. The molecular weight excluding hydrogens is 208 g/mol. The van der Waals surface area contributed by atoms with Crippen LogP contribution in [0.5, 0.6) is 0 Å². The Labute approximate surface area is 107 Å². The number of hydrogen-bond acceptors (Lipinski definition) is 2. The largest absolute Gasteiger partial charge is 0.312 e. The van der Waals surface area contributed by atoms with Gasteiger partial charge in [-0.05, 0) is 52.7 Å². The van der Waals surface area contributed by atoms with Crippen LogP contribution in [0.2, 0.25) is 0 Å². The molecule has 2 unspecified atom stereocenters. The average Bonchev–Trinajstić information content (AvgIpc) is 2.87. The maximum absolute atomic E-state index is 3.64. The molecule has 1 fully saturated rings. The van der Waals surface area contributed by atoms with Gasteiger partial charge in [-0.25, -0.2) is 0 Å². The number of hydrogen-bond donors (Lipinski definition) is 1. The van der Waals surface area contributed by atoms with E-state index in [1.807, 2.05) is 6.92 Å². The molecule has 0 bridgehead atoms. The van der Waals surface area contributed by atoms with Crippen molar-refractivity contribution in [3.63, 3.8) is 0 Å². The highest BCUT2D eigenvalue weighted by Gasteiger charge is 2.38. The van der Waals surface area contributed by atoms with Crippen LogP contribution >= 0.6 is 0 Å². The molecule has 0 radical (unpaired) electrons. The SMILES string of the molecule is CC#CCC(NCC)C(C)(CC)N1CCCC1. The zero-order chi connectivity index (χ0) is 12.7. The first-order valence-corrected chi connectivity index (χ1v) is 7.07.